The van der Waals surface area contributed by atoms with Gasteiger partial charge in [-0.15, -0.1) is 0 Å². The molecular formula is C13H14N2O. The van der Waals surface area contributed by atoms with Crippen LogP contribution in [0, 0.1) is 0 Å². The lowest BCUT2D eigenvalue weighted by Gasteiger charge is -2.06. The molecule has 1 aromatic carbocycles. The first-order valence-corrected chi connectivity index (χ1v) is 5.32. The molecule has 2 aromatic rings. The minimum Gasteiger partial charge on any atom is -0.439 e. The van der Waals surface area contributed by atoms with E-state index in [-0.39, 0.29) is 0 Å². The first-order chi connectivity index (χ1) is 7.88. The Morgan fingerprint density at radius 1 is 1.06 bits per heavy atom. The molecule has 0 aliphatic heterocycles. The topological polar surface area (TPSA) is 34.1 Å². The van der Waals surface area contributed by atoms with Gasteiger partial charge in [-0.05, 0) is 25.1 Å². The van der Waals surface area contributed by atoms with Crippen LogP contribution in [0.4, 0.5) is 5.82 Å². The van der Waals surface area contributed by atoms with Crippen LogP contribution in [0.5, 0.6) is 11.6 Å². The maximum atomic E-state index is 5.61. The summed E-state index contributed by atoms with van der Waals surface area (Å²) in [5.41, 5.74) is 0. The Bertz CT molecular complexity index is 443. The Morgan fingerprint density at radius 2 is 1.88 bits per heavy atom. The molecule has 3 nitrogen and oxygen atoms in total. The Morgan fingerprint density at radius 3 is 2.62 bits per heavy atom. The molecule has 1 heterocycles. The van der Waals surface area contributed by atoms with Crippen LogP contribution >= 0.6 is 0 Å². The highest BCUT2D eigenvalue weighted by Crippen LogP contribution is 2.19. The normalized spacial score (nSPS) is 9.81. The third-order valence-electron chi connectivity index (χ3n) is 2.05. The smallest absolute Gasteiger partial charge is 0.221 e. The summed E-state index contributed by atoms with van der Waals surface area (Å²) in [6, 6.07) is 15.3. The maximum Gasteiger partial charge on any atom is 0.221 e. The van der Waals surface area contributed by atoms with Crippen molar-refractivity contribution < 1.29 is 4.74 Å². The van der Waals surface area contributed by atoms with Gasteiger partial charge in [-0.2, -0.15) is 4.98 Å². The van der Waals surface area contributed by atoms with Crippen LogP contribution in [-0.4, -0.2) is 11.5 Å². The molecule has 82 valence electrons. The predicted molar refractivity (Wildman–Crippen MR) is 64.9 cm³/mol. The number of hydrogen-bond donors (Lipinski definition) is 1. The molecule has 0 aliphatic carbocycles. The molecule has 0 amide bonds. The Labute approximate surface area is 95.1 Å². The van der Waals surface area contributed by atoms with Crippen molar-refractivity contribution in [1.82, 2.24) is 4.98 Å². The zero-order valence-electron chi connectivity index (χ0n) is 9.18. The fourth-order valence-corrected chi connectivity index (χ4v) is 1.36. The lowest BCUT2D eigenvalue weighted by atomic mass is 10.3. The molecule has 0 atom stereocenters. The van der Waals surface area contributed by atoms with Gasteiger partial charge in [-0.25, -0.2) is 0 Å². The van der Waals surface area contributed by atoms with Crippen molar-refractivity contribution in [3.8, 4) is 11.6 Å². The number of para-hydroxylation sites is 1. The highest BCUT2D eigenvalue weighted by molar-refractivity contribution is 5.38. The molecule has 0 radical (unpaired) electrons. The van der Waals surface area contributed by atoms with Gasteiger partial charge in [-0.1, -0.05) is 24.3 Å². The monoisotopic (exact) mass is 214 g/mol. The molecule has 0 aliphatic rings. The zero-order chi connectivity index (χ0) is 11.2. The van der Waals surface area contributed by atoms with E-state index in [0.717, 1.165) is 18.1 Å². The minimum absolute atomic E-state index is 0.602. The number of anilines is 1. The average molecular weight is 214 g/mol. The second kappa shape index (κ2) is 5.16. The van der Waals surface area contributed by atoms with E-state index in [4.69, 9.17) is 4.74 Å². The molecular weight excluding hydrogens is 200 g/mol. The summed E-state index contributed by atoms with van der Waals surface area (Å²) < 4.78 is 5.61. The molecule has 1 aromatic heterocycles. The van der Waals surface area contributed by atoms with Gasteiger partial charge in [0.25, 0.3) is 0 Å². The van der Waals surface area contributed by atoms with Crippen molar-refractivity contribution >= 4 is 5.82 Å². The lowest BCUT2D eigenvalue weighted by molar-refractivity contribution is 0.463. The lowest BCUT2D eigenvalue weighted by Crippen LogP contribution is -1.99. The number of ether oxygens (including phenoxy) is 1. The number of pyridine rings is 1. The van der Waals surface area contributed by atoms with Gasteiger partial charge in [-0.3, -0.25) is 0 Å². The summed E-state index contributed by atoms with van der Waals surface area (Å²) in [4.78, 5) is 4.32. The summed E-state index contributed by atoms with van der Waals surface area (Å²) in [5, 5.41) is 3.14. The van der Waals surface area contributed by atoms with E-state index in [1.165, 1.54) is 0 Å². The Kier molecular flexibility index (Phi) is 3.38. The standard InChI is InChI=1S/C13H14N2O/c1-2-14-12-9-6-10-13(15-12)16-11-7-4-3-5-8-11/h3-10H,2H2,1H3,(H,14,15). The van der Waals surface area contributed by atoms with Crippen molar-refractivity contribution in [2.45, 2.75) is 6.92 Å². The third kappa shape index (κ3) is 2.73. The van der Waals surface area contributed by atoms with Crippen LogP contribution in [0.25, 0.3) is 0 Å². The van der Waals surface area contributed by atoms with Gasteiger partial charge in [0.15, 0.2) is 0 Å². The van der Waals surface area contributed by atoms with Crippen LogP contribution < -0.4 is 10.1 Å². The largest absolute Gasteiger partial charge is 0.439 e. The van der Waals surface area contributed by atoms with Crippen molar-refractivity contribution in [3.05, 3.63) is 48.5 Å². The fraction of sp³-hybridized carbons (Fsp3) is 0.154. The molecule has 0 spiro atoms. The van der Waals surface area contributed by atoms with Crippen LogP contribution in [0.1, 0.15) is 6.92 Å². The van der Waals surface area contributed by atoms with E-state index in [0.29, 0.717) is 5.88 Å². The number of nitrogens with zero attached hydrogens (tertiary/aromatic N) is 1. The molecule has 2 rings (SSSR count). The van der Waals surface area contributed by atoms with Crippen molar-refractivity contribution in [2.24, 2.45) is 0 Å². The first kappa shape index (κ1) is 10.5. The van der Waals surface area contributed by atoms with Crippen LogP contribution in [0.15, 0.2) is 48.5 Å². The van der Waals surface area contributed by atoms with Gasteiger partial charge >= 0.3 is 0 Å². The van der Waals surface area contributed by atoms with E-state index < -0.39 is 0 Å². The zero-order valence-corrected chi connectivity index (χ0v) is 9.18. The Hall–Kier alpha value is -2.03. The first-order valence-electron chi connectivity index (χ1n) is 5.32. The molecule has 0 saturated heterocycles. The SMILES string of the molecule is CCNc1cccc(Oc2ccccc2)n1. The number of nitrogens with one attached hydrogen (secondary N) is 1. The van der Waals surface area contributed by atoms with E-state index in [2.05, 4.69) is 10.3 Å². The summed E-state index contributed by atoms with van der Waals surface area (Å²) >= 11 is 0. The second-order valence-corrected chi connectivity index (χ2v) is 3.31. The fourth-order valence-electron chi connectivity index (χ4n) is 1.36. The highest BCUT2D eigenvalue weighted by atomic mass is 16.5. The highest BCUT2D eigenvalue weighted by Gasteiger charge is 1.98. The van der Waals surface area contributed by atoms with Gasteiger partial charge in [0, 0.05) is 12.6 Å². The molecule has 0 saturated carbocycles. The van der Waals surface area contributed by atoms with Crippen LogP contribution in [-0.2, 0) is 0 Å². The van der Waals surface area contributed by atoms with Gasteiger partial charge in [0.2, 0.25) is 5.88 Å². The number of aromatic nitrogens is 1. The number of hydrogen-bond acceptors (Lipinski definition) is 3. The average Bonchev–Trinajstić information content (AvgIpc) is 2.31. The number of benzene rings is 1. The van der Waals surface area contributed by atoms with E-state index in [9.17, 15) is 0 Å². The van der Waals surface area contributed by atoms with Crippen molar-refractivity contribution in [3.63, 3.8) is 0 Å². The Balaban J connectivity index is 2.12. The van der Waals surface area contributed by atoms with E-state index in [1.807, 2.05) is 55.5 Å². The van der Waals surface area contributed by atoms with E-state index in [1.54, 1.807) is 0 Å². The molecule has 0 fully saturated rings. The summed E-state index contributed by atoms with van der Waals surface area (Å²) in [6.45, 7) is 2.88. The van der Waals surface area contributed by atoms with Crippen LogP contribution in [0.3, 0.4) is 0 Å². The third-order valence-corrected chi connectivity index (χ3v) is 2.05. The molecule has 0 unspecified atom stereocenters. The van der Waals surface area contributed by atoms with Gasteiger partial charge in [0.1, 0.15) is 11.6 Å². The molecule has 3 heteroatoms. The van der Waals surface area contributed by atoms with Gasteiger partial charge < -0.3 is 10.1 Å². The van der Waals surface area contributed by atoms with E-state index >= 15 is 0 Å². The second-order valence-electron chi connectivity index (χ2n) is 3.31. The maximum absolute atomic E-state index is 5.61. The van der Waals surface area contributed by atoms with Gasteiger partial charge in [0.05, 0.1) is 0 Å². The van der Waals surface area contributed by atoms with Crippen molar-refractivity contribution in [1.29, 1.82) is 0 Å². The summed E-state index contributed by atoms with van der Waals surface area (Å²) in [7, 11) is 0. The molecule has 0 bridgehead atoms. The quantitative estimate of drug-likeness (QED) is 0.847. The summed E-state index contributed by atoms with van der Waals surface area (Å²) in [6.07, 6.45) is 0. The summed E-state index contributed by atoms with van der Waals surface area (Å²) in [5.74, 6) is 2.23. The molecule has 1 N–H and O–H groups in total. The molecule has 16 heavy (non-hydrogen) atoms. The van der Waals surface area contributed by atoms with Crippen LogP contribution in [0.2, 0.25) is 0 Å². The number of rotatable bonds is 4. The minimum atomic E-state index is 0.602. The predicted octanol–water partition coefficient (Wildman–Crippen LogP) is 3.31. The van der Waals surface area contributed by atoms with Crippen molar-refractivity contribution in [2.75, 3.05) is 11.9 Å².